The van der Waals surface area contributed by atoms with Gasteiger partial charge in [-0.3, -0.25) is 9.59 Å². The molecule has 0 saturated heterocycles. The predicted octanol–water partition coefficient (Wildman–Crippen LogP) is 1.00. The Morgan fingerprint density at radius 2 is 1.58 bits per heavy atom. The first-order chi connectivity index (χ1) is 5.77. The minimum Gasteiger partial charge on any atom is -0.464 e. The number of fused-ring (bicyclic) bond motifs is 5. The SMILES string of the molecule is O=C1CC(=O)C2c3ccc(o3)C12. The van der Waals surface area contributed by atoms with E-state index in [0.29, 0.717) is 11.5 Å². The molecule has 1 saturated carbocycles. The molecular weight excluding hydrogens is 156 g/mol. The van der Waals surface area contributed by atoms with Crippen molar-refractivity contribution in [3.05, 3.63) is 23.7 Å². The zero-order valence-corrected chi connectivity index (χ0v) is 6.24. The van der Waals surface area contributed by atoms with E-state index >= 15 is 0 Å². The van der Waals surface area contributed by atoms with Crippen molar-refractivity contribution in [3.63, 3.8) is 0 Å². The van der Waals surface area contributed by atoms with Crippen LogP contribution in [0, 0.1) is 0 Å². The Morgan fingerprint density at radius 3 is 2.08 bits per heavy atom. The van der Waals surface area contributed by atoms with Gasteiger partial charge in [0.25, 0.3) is 0 Å². The van der Waals surface area contributed by atoms with Crippen molar-refractivity contribution in [2.24, 2.45) is 0 Å². The zero-order valence-electron chi connectivity index (χ0n) is 6.24. The Labute approximate surface area is 68.4 Å². The van der Waals surface area contributed by atoms with Gasteiger partial charge in [-0.05, 0) is 12.1 Å². The molecule has 2 unspecified atom stereocenters. The van der Waals surface area contributed by atoms with Crippen molar-refractivity contribution in [2.75, 3.05) is 0 Å². The van der Waals surface area contributed by atoms with E-state index < -0.39 is 0 Å². The molecule has 1 aromatic rings. The minimum absolute atomic E-state index is 0.0133. The smallest absolute Gasteiger partial charge is 0.152 e. The Kier molecular flexibility index (Phi) is 0.865. The fraction of sp³-hybridized carbons (Fsp3) is 0.333. The molecule has 2 aliphatic rings. The molecule has 0 amide bonds. The summed E-state index contributed by atoms with van der Waals surface area (Å²) in [7, 11) is 0. The van der Waals surface area contributed by atoms with E-state index in [-0.39, 0.29) is 29.8 Å². The number of carbonyl (C=O) groups is 2. The van der Waals surface area contributed by atoms with E-state index in [9.17, 15) is 9.59 Å². The number of Topliss-reactive ketones (excluding diaryl/α,β-unsaturated/α-hetero) is 2. The number of rotatable bonds is 0. The van der Waals surface area contributed by atoms with Gasteiger partial charge < -0.3 is 4.42 Å². The quantitative estimate of drug-likeness (QED) is 0.534. The summed E-state index contributed by atoms with van der Waals surface area (Å²) in [4.78, 5) is 22.6. The molecular formula is C9H6O3. The fourth-order valence-corrected chi connectivity index (χ4v) is 2.11. The van der Waals surface area contributed by atoms with Gasteiger partial charge in [0, 0.05) is 0 Å². The maximum absolute atomic E-state index is 11.3. The van der Waals surface area contributed by atoms with Crippen LogP contribution in [-0.4, -0.2) is 11.6 Å². The Balaban J connectivity index is 2.22. The zero-order chi connectivity index (χ0) is 8.29. The maximum atomic E-state index is 11.3. The molecule has 3 nitrogen and oxygen atoms in total. The first-order valence-corrected chi connectivity index (χ1v) is 3.92. The van der Waals surface area contributed by atoms with Crippen molar-refractivity contribution in [1.82, 2.24) is 0 Å². The molecule has 12 heavy (non-hydrogen) atoms. The molecule has 0 spiro atoms. The number of ketones is 2. The van der Waals surface area contributed by atoms with Crippen LogP contribution in [-0.2, 0) is 9.59 Å². The lowest BCUT2D eigenvalue weighted by molar-refractivity contribution is -0.122. The van der Waals surface area contributed by atoms with Crippen molar-refractivity contribution < 1.29 is 14.0 Å². The molecule has 1 aliphatic carbocycles. The number of hydrogen-bond donors (Lipinski definition) is 0. The van der Waals surface area contributed by atoms with Crippen LogP contribution in [0.2, 0.25) is 0 Å². The molecule has 1 aromatic heterocycles. The monoisotopic (exact) mass is 162 g/mol. The summed E-state index contributed by atoms with van der Waals surface area (Å²) < 4.78 is 5.26. The highest BCUT2D eigenvalue weighted by atomic mass is 16.4. The molecule has 3 heteroatoms. The number of furan rings is 1. The van der Waals surface area contributed by atoms with E-state index in [4.69, 9.17) is 4.42 Å². The van der Waals surface area contributed by atoms with Crippen LogP contribution in [0.25, 0.3) is 0 Å². The van der Waals surface area contributed by atoms with Crippen LogP contribution in [0.15, 0.2) is 16.5 Å². The summed E-state index contributed by atoms with van der Waals surface area (Å²) >= 11 is 0. The molecule has 2 atom stereocenters. The largest absolute Gasteiger partial charge is 0.464 e. The molecule has 3 rings (SSSR count). The van der Waals surface area contributed by atoms with Gasteiger partial charge in [0.15, 0.2) is 11.6 Å². The normalized spacial score (nSPS) is 31.3. The Bertz CT molecular complexity index is 354. The molecule has 60 valence electrons. The van der Waals surface area contributed by atoms with Crippen molar-refractivity contribution in [2.45, 2.75) is 18.3 Å². The van der Waals surface area contributed by atoms with E-state index in [1.54, 1.807) is 12.1 Å². The summed E-state index contributed by atoms with van der Waals surface area (Å²) in [6, 6.07) is 3.57. The highest BCUT2D eigenvalue weighted by molar-refractivity contribution is 6.13. The average molecular weight is 162 g/mol. The predicted molar refractivity (Wildman–Crippen MR) is 38.8 cm³/mol. The van der Waals surface area contributed by atoms with Crippen LogP contribution in [0.3, 0.4) is 0 Å². The van der Waals surface area contributed by atoms with Gasteiger partial charge in [-0.25, -0.2) is 0 Å². The first kappa shape index (κ1) is 6.17. The third-order valence-electron chi connectivity index (χ3n) is 2.64. The molecule has 0 radical (unpaired) electrons. The lowest BCUT2D eigenvalue weighted by atomic mass is 9.90. The van der Waals surface area contributed by atoms with Gasteiger partial charge in [0.05, 0.1) is 18.3 Å². The highest BCUT2D eigenvalue weighted by Crippen LogP contribution is 2.48. The first-order valence-electron chi connectivity index (χ1n) is 3.92. The van der Waals surface area contributed by atoms with Crippen LogP contribution in [0.4, 0.5) is 0 Å². The van der Waals surface area contributed by atoms with Crippen molar-refractivity contribution in [1.29, 1.82) is 0 Å². The van der Waals surface area contributed by atoms with Crippen LogP contribution < -0.4 is 0 Å². The van der Waals surface area contributed by atoms with E-state index in [0.717, 1.165) is 0 Å². The van der Waals surface area contributed by atoms with Gasteiger partial charge in [0.1, 0.15) is 11.5 Å². The molecule has 0 aromatic carbocycles. The van der Waals surface area contributed by atoms with Gasteiger partial charge in [-0.15, -0.1) is 0 Å². The van der Waals surface area contributed by atoms with Gasteiger partial charge in [-0.2, -0.15) is 0 Å². The fourth-order valence-electron chi connectivity index (χ4n) is 2.11. The average Bonchev–Trinajstić information content (AvgIpc) is 2.64. The summed E-state index contributed by atoms with van der Waals surface area (Å²) in [6.45, 7) is 0. The third-order valence-corrected chi connectivity index (χ3v) is 2.64. The summed E-state index contributed by atoms with van der Waals surface area (Å²) in [6.07, 6.45) is 0.0906. The molecule has 0 N–H and O–H groups in total. The van der Waals surface area contributed by atoms with E-state index in [2.05, 4.69) is 0 Å². The van der Waals surface area contributed by atoms with Crippen LogP contribution in [0.5, 0.6) is 0 Å². The summed E-state index contributed by atoms with van der Waals surface area (Å²) in [5.74, 6) is 0.838. The van der Waals surface area contributed by atoms with E-state index in [1.165, 1.54) is 0 Å². The third kappa shape index (κ3) is 0.501. The van der Waals surface area contributed by atoms with Crippen molar-refractivity contribution in [3.8, 4) is 0 Å². The molecule has 2 bridgehead atoms. The summed E-state index contributed by atoms with van der Waals surface area (Å²) in [5, 5.41) is 0. The second-order valence-electron chi connectivity index (χ2n) is 3.30. The van der Waals surface area contributed by atoms with Gasteiger partial charge in [-0.1, -0.05) is 0 Å². The molecule has 1 aliphatic heterocycles. The van der Waals surface area contributed by atoms with Gasteiger partial charge in [0.2, 0.25) is 0 Å². The standard InChI is InChI=1S/C9H6O3/c10-4-3-5(11)9-7-2-1-6(12-7)8(4)9/h1-2,8-9H,3H2. The molecule has 1 fully saturated rings. The lowest BCUT2D eigenvalue weighted by Crippen LogP contribution is -2.09. The Hall–Kier alpha value is -1.38. The van der Waals surface area contributed by atoms with Gasteiger partial charge >= 0.3 is 0 Å². The topological polar surface area (TPSA) is 47.3 Å². The van der Waals surface area contributed by atoms with Crippen LogP contribution >= 0.6 is 0 Å². The van der Waals surface area contributed by atoms with Crippen LogP contribution in [0.1, 0.15) is 29.8 Å². The second-order valence-corrected chi connectivity index (χ2v) is 3.30. The minimum atomic E-state index is -0.266. The Morgan fingerprint density at radius 1 is 1.08 bits per heavy atom. The van der Waals surface area contributed by atoms with E-state index in [1.807, 2.05) is 0 Å². The second kappa shape index (κ2) is 1.68. The number of hydrogen-bond acceptors (Lipinski definition) is 3. The lowest BCUT2D eigenvalue weighted by Gasteiger charge is -2.05. The summed E-state index contributed by atoms with van der Waals surface area (Å²) in [5.41, 5.74) is 0. The number of carbonyl (C=O) groups excluding carboxylic acids is 2. The molecule has 2 heterocycles. The highest BCUT2D eigenvalue weighted by Gasteiger charge is 2.50. The maximum Gasteiger partial charge on any atom is 0.152 e. The van der Waals surface area contributed by atoms with Crippen molar-refractivity contribution >= 4 is 11.6 Å².